The van der Waals surface area contributed by atoms with Gasteiger partial charge in [-0.3, -0.25) is 0 Å². The number of pyridine rings is 1. The maximum Gasteiger partial charge on any atom is 0.378 e. The molecular formula is C8H8N2O4. The van der Waals surface area contributed by atoms with E-state index in [1.165, 1.54) is 18.3 Å². The highest BCUT2D eigenvalue weighted by Gasteiger charge is 2.21. The van der Waals surface area contributed by atoms with Crippen molar-refractivity contribution in [1.29, 1.82) is 0 Å². The third kappa shape index (κ3) is 2.03. The number of rotatable bonds is 3. The fraction of sp³-hybridized carbons (Fsp3) is 0.250. The van der Waals surface area contributed by atoms with Crippen LogP contribution in [-0.4, -0.2) is 22.5 Å². The van der Waals surface area contributed by atoms with E-state index in [1.807, 2.05) is 0 Å². The normalized spacial score (nSPS) is 9.50. The zero-order chi connectivity index (χ0) is 10.6. The minimum absolute atomic E-state index is 0.126. The Balaban J connectivity index is 3.07. The van der Waals surface area contributed by atoms with E-state index in [9.17, 15) is 14.9 Å². The lowest BCUT2D eigenvalue weighted by atomic mass is 10.2. The van der Waals surface area contributed by atoms with Gasteiger partial charge in [-0.25, -0.2) is 4.79 Å². The largest absolute Gasteiger partial charge is 0.462 e. The number of nitrogens with zero attached hydrogens (tertiary/aromatic N) is 2. The summed E-state index contributed by atoms with van der Waals surface area (Å²) in [7, 11) is 0. The van der Waals surface area contributed by atoms with Crippen molar-refractivity contribution in [1.82, 2.24) is 4.98 Å². The van der Waals surface area contributed by atoms with E-state index in [4.69, 9.17) is 0 Å². The summed E-state index contributed by atoms with van der Waals surface area (Å²) in [5, 5.41) is 10.5. The Morgan fingerprint density at radius 1 is 1.71 bits per heavy atom. The number of carbonyl (C=O) groups is 1. The summed E-state index contributed by atoms with van der Waals surface area (Å²) < 4.78 is 4.64. The number of nitro groups is 1. The third-order valence-electron chi connectivity index (χ3n) is 1.45. The summed E-state index contributed by atoms with van der Waals surface area (Å²) >= 11 is 0. The molecule has 1 rings (SSSR count). The van der Waals surface area contributed by atoms with Crippen LogP contribution in [0.5, 0.6) is 0 Å². The number of carbonyl (C=O) groups excluding carboxylic acids is 1. The quantitative estimate of drug-likeness (QED) is 0.411. The van der Waals surface area contributed by atoms with Crippen LogP contribution >= 0.6 is 0 Å². The van der Waals surface area contributed by atoms with Gasteiger partial charge in [0.2, 0.25) is 0 Å². The molecule has 0 N–H and O–H groups in total. The summed E-state index contributed by atoms with van der Waals surface area (Å²) in [6.07, 6.45) is 1.25. The SMILES string of the molecule is CCOC(=O)c1cccnc1[N+](=O)[O-]. The Morgan fingerprint density at radius 2 is 2.43 bits per heavy atom. The minimum Gasteiger partial charge on any atom is -0.462 e. The molecule has 0 aliphatic heterocycles. The Hall–Kier alpha value is -1.98. The summed E-state index contributed by atoms with van der Waals surface area (Å²) in [6.45, 7) is 1.80. The van der Waals surface area contributed by atoms with Crippen LogP contribution in [0.25, 0.3) is 0 Å². The third-order valence-corrected chi connectivity index (χ3v) is 1.45. The van der Waals surface area contributed by atoms with Crippen molar-refractivity contribution in [2.45, 2.75) is 6.92 Å². The van der Waals surface area contributed by atoms with Gasteiger partial charge in [0, 0.05) is 0 Å². The standard InChI is InChI=1S/C8H8N2O4/c1-2-14-8(11)6-4-3-5-9-7(6)10(12)13/h3-5H,2H2,1H3. The Morgan fingerprint density at radius 3 is 3.00 bits per heavy atom. The number of esters is 1. The van der Waals surface area contributed by atoms with Crippen molar-refractivity contribution in [3.63, 3.8) is 0 Å². The maximum atomic E-state index is 11.2. The molecule has 1 aromatic heterocycles. The van der Waals surface area contributed by atoms with Gasteiger partial charge in [-0.15, -0.1) is 0 Å². The van der Waals surface area contributed by atoms with Crippen molar-refractivity contribution < 1.29 is 14.5 Å². The van der Waals surface area contributed by atoms with Gasteiger partial charge in [-0.2, -0.15) is 0 Å². The average molecular weight is 196 g/mol. The molecule has 74 valence electrons. The van der Waals surface area contributed by atoms with E-state index in [1.54, 1.807) is 6.92 Å². The van der Waals surface area contributed by atoms with E-state index in [0.29, 0.717) is 0 Å². The zero-order valence-electron chi connectivity index (χ0n) is 7.47. The highest BCUT2D eigenvalue weighted by atomic mass is 16.6. The number of ether oxygens (including phenoxy) is 1. The minimum atomic E-state index is -0.729. The molecule has 0 atom stereocenters. The molecule has 0 unspecified atom stereocenters. The first-order chi connectivity index (χ1) is 6.66. The lowest BCUT2D eigenvalue weighted by Gasteiger charge is -2.01. The molecule has 1 aromatic rings. The Kier molecular flexibility index (Phi) is 3.11. The van der Waals surface area contributed by atoms with Crippen LogP contribution in [0.4, 0.5) is 5.82 Å². The second-order valence-corrected chi connectivity index (χ2v) is 2.35. The van der Waals surface area contributed by atoms with E-state index < -0.39 is 16.7 Å². The van der Waals surface area contributed by atoms with Gasteiger partial charge in [0.1, 0.15) is 6.20 Å². The van der Waals surface area contributed by atoms with Crippen molar-refractivity contribution in [3.8, 4) is 0 Å². The first kappa shape index (κ1) is 10.1. The van der Waals surface area contributed by atoms with E-state index in [2.05, 4.69) is 9.72 Å². The van der Waals surface area contributed by atoms with E-state index in [0.717, 1.165) is 0 Å². The highest BCUT2D eigenvalue weighted by Crippen LogP contribution is 2.14. The van der Waals surface area contributed by atoms with Crippen LogP contribution in [0.15, 0.2) is 18.3 Å². The van der Waals surface area contributed by atoms with Gasteiger partial charge < -0.3 is 14.9 Å². The van der Waals surface area contributed by atoms with Gasteiger partial charge in [0.15, 0.2) is 5.56 Å². The van der Waals surface area contributed by atoms with Gasteiger partial charge >= 0.3 is 11.8 Å². The Labute approximate surface area is 79.7 Å². The molecule has 0 bridgehead atoms. The summed E-state index contributed by atoms with van der Waals surface area (Å²) in [5.74, 6) is -1.21. The van der Waals surface area contributed by atoms with Crippen LogP contribution in [-0.2, 0) is 4.74 Å². The molecule has 14 heavy (non-hydrogen) atoms. The fourth-order valence-electron chi connectivity index (χ4n) is 0.911. The smallest absolute Gasteiger partial charge is 0.378 e. The predicted molar refractivity (Wildman–Crippen MR) is 46.8 cm³/mol. The molecule has 0 saturated heterocycles. The van der Waals surface area contributed by atoms with E-state index >= 15 is 0 Å². The summed E-state index contributed by atoms with van der Waals surface area (Å²) in [4.78, 5) is 24.4. The van der Waals surface area contributed by atoms with Gasteiger partial charge in [-0.05, 0) is 29.0 Å². The number of hydrogen-bond donors (Lipinski definition) is 0. The molecule has 0 aliphatic rings. The van der Waals surface area contributed by atoms with Crippen LogP contribution in [0.2, 0.25) is 0 Å². The highest BCUT2D eigenvalue weighted by molar-refractivity contribution is 5.92. The molecule has 0 saturated carbocycles. The van der Waals surface area contributed by atoms with Crippen LogP contribution in [0.1, 0.15) is 17.3 Å². The van der Waals surface area contributed by atoms with Crippen LogP contribution in [0, 0.1) is 10.1 Å². The van der Waals surface area contributed by atoms with E-state index in [-0.39, 0.29) is 12.2 Å². The number of aromatic nitrogens is 1. The Bertz CT molecular complexity index is 364. The van der Waals surface area contributed by atoms with Crippen molar-refractivity contribution >= 4 is 11.8 Å². The van der Waals surface area contributed by atoms with Crippen molar-refractivity contribution in [2.24, 2.45) is 0 Å². The molecule has 0 radical (unpaired) electrons. The number of hydrogen-bond acceptors (Lipinski definition) is 5. The molecular weight excluding hydrogens is 188 g/mol. The van der Waals surface area contributed by atoms with Gasteiger partial charge in [0.05, 0.1) is 6.61 Å². The molecule has 0 aliphatic carbocycles. The second-order valence-electron chi connectivity index (χ2n) is 2.35. The first-order valence-corrected chi connectivity index (χ1v) is 3.93. The molecule has 6 heteroatoms. The maximum absolute atomic E-state index is 11.2. The molecule has 6 nitrogen and oxygen atoms in total. The van der Waals surface area contributed by atoms with Crippen LogP contribution < -0.4 is 0 Å². The van der Waals surface area contributed by atoms with Crippen molar-refractivity contribution in [3.05, 3.63) is 34.0 Å². The average Bonchev–Trinajstić information content (AvgIpc) is 2.18. The summed E-state index contributed by atoms with van der Waals surface area (Å²) in [5.41, 5.74) is -0.126. The monoisotopic (exact) mass is 196 g/mol. The zero-order valence-corrected chi connectivity index (χ0v) is 7.47. The molecule has 0 fully saturated rings. The molecule has 1 heterocycles. The van der Waals surface area contributed by atoms with Crippen molar-refractivity contribution in [2.75, 3.05) is 6.61 Å². The fourth-order valence-corrected chi connectivity index (χ4v) is 0.911. The molecule has 0 amide bonds. The molecule has 0 spiro atoms. The molecule has 0 aromatic carbocycles. The first-order valence-electron chi connectivity index (χ1n) is 3.93. The predicted octanol–water partition coefficient (Wildman–Crippen LogP) is 1.17. The topological polar surface area (TPSA) is 82.3 Å². The summed E-state index contributed by atoms with van der Waals surface area (Å²) in [6, 6.07) is 2.75. The second kappa shape index (κ2) is 4.31. The van der Waals surface area contributed by atoms with Gasteiger partial charge in [-0.1, -0.05) is 0 Å². The lowest BCUT2D eigenvalue weighted by Crippen LogP contribution is -2.08. The lowest BCUT2D eigenvalue weighted by molar-refractivity contribution is -0.389. The van der Waals surface area contributed by atoms with Crippen LogP contribution in [0.3, 0.4) is 0 Å². The van der Waals surface area contributed by atoms with Gasteiger partial charge in [0.25, 0.3) is 0 Å².